The molecule has 4 heterocycles. The molecule has 8 rings (SSSR count). The number of carbonyl (C=O) groups is 5. The van der Waals surface area contributed by atoms with Gasteiger partial charge in [-0.15, -0.1) is 0 Å². The van der Waals surface area contributed by atoms with Crippen LogP contribution in [-0.4, -0.2) is 116 Å². The van der Waals surface area contributed by atoms with E-state index in [-0.39, 0.29) is 55.9 Å². The van der Waals surface area contributed by atoms with Gasteiger partial charge < -0.3 is 55.0 Å². The van der Waals surface area contributed by atoms with Crippen LogP contribution in [0.25, 0.3) is 11.1 Å². The first kappa shape index (κ1) is 48.5. The number of aliphatic carboxylic acids is 1. The lowest BCUT2D eigenvalue weighted by Crippen LogP contribution is -2.51. The maximum Gasteiger partial charge on any atom is 0.303 e. The number of nitrogens with zero attached hydrogens (tertiary/aromatic N) is 4. The lowest BCUT2D eigenvalue weighted by molar-refractivity contribution is -0.137. The molecule has 0 bridgehead atoms. The van der Waals surface area contributed by atoms with E-state index in [4.69, 9.17) is 39.4 Å². The first-order valence-electron chi connectivity index (χ1n) is 22.9. The molecule has 0 unspecified atom stereocenters. The summed E-state index contributed by atoms with van der Waals surface area (Å²) in [7, 11) is 4.64. The van der Waals surface area contributed by atoms with Gasteiger partial charge in [-0.3, -0.25) is 34.0 Å². The minimum Gasteiger partial charge on any atom is -0.497 e. The fourth-order valence-electron chi connectivity index (χ4n) is 8.48. The summed E-state index contributed by atoms with van der Waals surface area (Å²) in [5.74, 6) is -0.482. The average molecular weight is 954 g/mol. The third-order valence-electron chi connectivity index (χ3n) is 12.5. The Balaban J connectivity index is 0.867. The molecule has 18 nitrogen and oxygen atoms in total. The number of ether oxygens (including phenoxy) is 5. The number of hydrogen-bond donors (Lipinski definition) is 4. The highest BCUT2D eigenvalue weighted by Crippen LogP contribution is 2.42. The number of nitrogens with two attached hydrogens (primary N) is 1. The number of methoxy groups -OCH3 is 3. The Kier molecular flexibility index (Phi) is 14.6. The zero-order valence-corrected chi connectivity index (χ0v) is 39.5. The Morgan fingerprint density at radius 2 is 1.21 bits per heavy atom. The zero-order chi connectivity index (χ0) is 49.6. The Morgan fingerprint density at radius 3 is 1.67 bits per heavy atom. The van der Waals surface area contributed by atoms with E-state index in [2.05, 4.69) is 10.6 Å². The van der Waals surface area contributed by atoms with Crippen LogP contribution in [0, 0.1) is 5.92 Å². The van der Waals surface area contributed by atoms with Gasteiger partial charge in [-0.25, -0.2) is 0 Å². The highest BCUT2D eigenvalue weighted by atomic mass is 16.5. The summed E-state index contributed by atoms with van der Waals surface area (Å²) in [6.07, 6.45) is 8.33. The molecule has 0 radical (unpaired) electrons. The number of benzene rings is 4. The van der Waals surface area contributed by atoms with Gasteiger partial charge in [-0.2, -0.15) is 0 Å². The minimum atomic E-state index is -1.10. The topological polar surface area (TPSA) is 233 Å². The van der Waals surface area contributed by atoms with Crippen molar-refractivity contribution in [3.8, 4) is 28.7 Å². The number of carbonyl (C=O) groups excluding carboxylic acids is 4. The van der Waals surface area contributed by atoms with Gasteiger partial charge in [0, 0.05) is 68.3 Å². The maximum absolute atomic E-state index is 14.0. The molecule has 4 aliphatic rings. The van der Waals surface area contributed by atoms with Crippen molar-refractivity contribution >= 4 is 70.2 Å². The van der Waals surface area contributed by atoms with Crippen LogP contribution in [0.15, 0.2) is 95.2 Å². The summed E-state index contributed by atoms with van der Waals surface area (Å²) in [6.45, 7) is 4.05. The molecule has 0 fully saturated rings. The summed E-state index contributed by atoms with van der Waals surface area (Å²) < 4.78 is 28.9. The van der Waals surface area contributed by atoms with Crippen LogP contribution in [0.5, 0.6) is 28.7 Å². The number of fused-ring (bicyclic) bond motifs is 4. The van der Waals surface area contributed by atoms with Crippen LogP contribution >= 0.6 is 0 Å². The van der Waals surface area contributed by atoms with Crippen LogP contribution in [0.1, 0.15) is 77.8 Å². The minimum absolute atomic E-state index is 0.113. The van der Waals surface area contributed by atoms with Crippen molar-refractivity contribution in [1.82, 2.24) is 15.1 Å². The van der Waals surface area contributed by atoms with Gasteiger partial charge in [-0.1, -0.05) is 38.1 Å². The number of rotatable bonds is 19. The Bertz CT molecular complexity index is 2800. The van der Waals surface area contributed by atoms with E-state index in [1.54, 1.807) is 85.8 Å². The molecule has 4 aromatic carbocycles. The lowest BCUT2D eigenvalue weighted by Gasteiger charge is -2.22. The fourth-order valence-corrected chi connectivity index (χ4v) is 8.48. The zero-order valence-electron chi connectivity index (χ0n) is 39.5. The SMILES string of the molecule is COc1ccc(C2=CN3C(=O)c4cc(OC)c(OCCCOc5cc6c(cc5OC)C(=O)N5C=C(c7ccc(NC(=O)[C@H](CCC(=O)O)NC(=O)[C@@H](N)C(C)C)cc7)C[C@H]5C=N6)cc4N=C[C@@H]3C2)cc1. The number of aliphatic imine (C=N–C) groups is 2. The van der Waals surface area contributed by atoms with Crippen molar-refractivity contribution < 1.29 is 52.8 Å². The highest BCUT2D eigenvalue weighted by molar-refractivity contribution is 6.07. The molecule has 0 spiro atoms. The molecule has 70 heavy (non-hydrogen) atoms. The number of carboxylic acid groups (broad SMARTS) is 1. The second kappa shape index (κ2) is 21.1. The molecule has 0 saturated carbocycles. The van der Waals surface area contributed by atoms with Crippen molar-refractivity contribution in [3.63, 3.8) is 0 Å². The van der Waals surface area contributed by atoms with E-state index in [0.29, 0.717) is 70.4 Å². The van der Waals surface area contributed by atoms with Gasteiger partial charge in [0.15, 0.2) is 23.0 Å². The van der Waals surface area contributed by atoms with Crippen molar-refractivity contribution in [1.29, 1.82) is 0 Å². The highest BCUT2D eigenvalue weighted by Gasteiger charge is 2.35. The molecule has 4 atom stereocenters. The van der Waals surface area contributed by atoms with Gasteiger partial charge in [0.2, 0.25) is 11.8 Å². The van der Waals surface area contributed by atoms with E-state index in [0.717, 1.165) is 28.0 Å². The van der Waals surface area contributed by atoms with Crippen molar-refractivity contribution in [2.75, 3.05) is 39.9 Å². The van der Waals surface area contributed by atoms with E-state index < -0.39 is 29.9 Å². The molecule has 0 aromatic heterocycles. The number of nitrogens with one attached hydrogen (secondary N) is 2. The first-order valence-corrected chi connectivity index (χ1v) is 22.9. The van der Waals surface area contributed by atoms with E-state index >= 15 is 0 Å². The summed E-state index contributed by atoms with van der Waals surface area (Å²) in [5, 5.41) is 14.6. The average Bonchev–Trinajstić information content (AvgIpc) is 3.94. The Labute approximate surface area is 404 Å². The second-order valence-corrected chi connectivity index (χ2v) is 17.5. The number of carboxylic acids is 1. The molecule has 4 amide bonds. The predicted molar refractivity (Wildman–Crippen MR) is 263 cm³/mol. The standard InChI is InChI=1S/C52H55N7O11/c1-29(2)48(53)50(63)57-40(15-16-47(60)61)49(62)56-34-11-7-30(8-12-34)32-19-35-25-54-41-23-45(43(67-4)21-38(41)51(64)58(35)27-32)69-17-6-18-70-46-24-42-39(22-44(46)68-5)52(65)59-28-33(20-36(59)26-55-42)31-9-13-37(66-3)14-10-31/h7-14,21-29,35-36,40,48H,6,15-20,53H2,1-5H3,(H,56,62)(H,57,63)(H,60,61)/t35-,36-,40-,48-/m0/s1. The summed E-state index contributed by atoms with van der Waals surface area (Å²) in [5.41, 5.74) is 11.8. The number of amides is 4. The molecule has 5 N–H and O–H groups in total. The van der Waals surface area contributed by atoms with Gasteiger partial charge in [-0.05, 0) is 71.0 Å². The number of hydrogen-bond acceptors (Lipinski definition) is 13. The predicted octanol–water partition coefficient (Wildman–Crippen LogP) is 6.77. The molecule has 0 saturated heterocycles. The molecular formula is C52H55N7O11. The van der Waals surface area contributed by atoms with Crippen LogP contribution in [0.3, 0.4) is 0 Å². The number of anilines is 1. The van der Waals surface area contributed by atoms with Crippen molar-refractivity contribution in [3.05, 3.63) is 107 Å². The van der Waals surface area contributed by atoms with Crippen LogP contribution < -0.4 is 40.1 Å². The first-order chi connectivity index (χ1) is 33.7. The molecule has 4 aliphatic heterocycles. The van der Waals surface area contributed by atoms with E-state index in [1.165, 1.54) is 14.2 Å². The van der Waals surface area contributed by atoms with Gasteiger partial charge in [0.25, 0.3) is 11.8 Å². The van der Waals surface area contributed by atoms with E-state index in [1.807, 2.05) is 42.6 Å². The van der Waals surface area contributed by atoms with Crippen LogP contribution in [0.2, 0.25) is 0 Å². The summed E-state index contributed by atoms with van der Waals surface area (Å²) in [4.78, 5) is 77.7. The molecule has 18 heteroatoms. The quantitative estimate of drug-likeness (QED) is 0.0713. The van der Waals surface area contributed by atoms with Gasteiger partial charge in [0.05, 0.1) is 75.2 Å². The monoisotopic (exact) mass is 953 g/mol. The van der Waals surface area contributed by atoms with Crippen molar-refractivity contribution in [2.45, 2.75) is 70.1 Å². The fraction of sp³-hybridized carbons (Fsp3) is 0.327. The summed E-state index contributed by atoms with van der Waals surface area (Å²) >= 11 is 0. The van der Waals surface area contributed by atoms with Gasteiger partial charge in [0.1, 0.15) is 11.8 Å². The largest absolute Gasteiger partial charge is 0.497 e. The molecule has 364 valence electrons. The van der Waals surface area contributed by atoms with E-state index in [9.17, 15) is 29.1 Å². The summed E-state index contributed by atoms with van der Waals surface area (Å²) in [6, 6.07) is 18.9. The van der Waals surface area contributed by atoms with Crippen LogP contribution in [-0.2, 0) is 14.4 Å². The van der Waals surface area contributed by atoms with Crippen LogP contribution in [0.4, 0.5) is 17.1 Å². The second-order valence-electron chi connectivity index (χ2n) is 17.5. The lowest BCUT2D eigenvalue weighted by atomic mass is 10.0. The normalized spacial score (nSPS) is 17.5. The van der Waals surface area contributed by atoms with Crippen molar-refractivity contribution in [2.24, 2.45) is 21.6 Å². The van der Waals surface area contributed by atoms with Gasteiger partial charge >= 0.3 is 5.97 Å². The maximum atomic E-state index is 14.0. The smallest absolute Gasteiger partial charge is 0.303 e. The third-order valence-corrected chi connectivity index (χ3v) is 12.5. The Hall–Kier alpha value is -7.99. The Morgan fingerprint density at radius 1 is 0.714 bits per heavy atom. The molecule has 4 aromatic rings. The molecular weight excluding hydrogens is 899 g/mol. The molecule has 0 aliphatic carbocycles. The third kappa shape index (κ3) is 10.5.